The molecule has 0 spiro atoms. The molecule has 2 aliphatic rings. The van der Waals surface area contributed by atoms with E-state index in [1.807, 2.05) is 22.8 Å². The van der Waals surface area contributed by atoms with Gasteiger partial charge in [0.25, 0.3) is 0 Å². The molecule has 9 heteroatoms. The zero-order valence-electron chi connectivity index (χ0n) is 18.4. The number of imidazole rings is 1. The van der Waals surface area contributed by atoms with Crippen LogP contribution >= 0.6 is 11.6 Å². The minimum Gasteiger partial charge on any atom is -0.378 e. The number of anilines is 1. The van der Waals surface area contributed by atoms with Gasteiger partial charge < -0.3 is 15.0 Å². The Bertz CT molecular complexity index is 1250. The molecular formula is C24H26ClFN4O3. The van der Waals surface area contributed by atoms with Crippen LogP contribution in [0.2, 0.25) is 5.02 Å². The van der Waals surface area contributed by atoms with Crippen LogP contribution in [0.15, 0.2) is 41.2 Å². The van der Waals surface area contributed by atoms with Gasteiger partial charge in [-0.2, -0.15) is 0 Å². The van der Waals surface area contributed by atoms with Crippen molar-refractivity contribution in [1.82, 2.24) is 14.0 Å². The summed E-state index contributed by atoms with van der Waals surface area (Å²) in [5.41, 5.74) is 3.11. The average Bonchev–Trinajstić information content (AvgIpc) is 3.00. The number of fused-ring (bicyclic) bond motifs is 1. The van der Waals surface area contributed by atoms with Crippen molar-refractivity contribution in [2.75, 3.05) is 31.6 Å². The molecule has 0 saturated carbocycles. The largest absolute Gasteiger partial charge is 0.378 e. The highest BCUT2D eigenvalue weighted by Crippen LogP contribution is 2.27. The number of halogens is 2. The molecule has 7 nitrogen and oxygen atoms in total. The highest BCUT2D eigenvalue weighted by atomic mass is 35.5. The summed E-state index contributed by atoms with van der Waals surface area (Å²) in [6.07, 6.45) is 1.68. The van der Waals surface area contributed by atoms with E-state index in [4.69, 9.17) is 16.3 Å². The normalized spacial score (nSPS) is 19.0. The van der Waals surface area contributed by atoms with Gasteiger partial charge in [-0.05, 0) is 54.8 Å². The maximum absolute atomic E-state index is 13.7. The Balaban J connectivity index is 1.39. The van der Waals surface area contributed by atoms with Gasteiger partial charge >= 0.3 is 5.69 Å². The maximum atomic E-state index is 13.7. The quantitative estimate of drug-likeness (QED) is 0.618. The first-order valence-electron chi connectivity index (χ1n) is 11.2. The van der Waals surface area contributed by atoms with Crippen LogP contribution in [-0.2, 0) is 23.0 Å². The zero-order valence-corrected chi connectivity index (χ0v) is 19.1. The minimum absolute atomic E-state index is 0.0756. The van der Waals surface area contributed by atoms with Crippen molar-refractivity contribution in [1.29, 1.82) is 0 Å². The lowest BCUT2D eigenvalue weighted by atomic mass is 10.0. The summed E-state index contributed by atoms with van der Waals surface area (Å²) in [4.78, 5) is 27.9. The van der Waals surface area contributed by atoms with E-state index in [9.17, 15) is 14.0 Å². The van der Waals surface area contributed by atoms with Gasteiger partial charge in [-0.15, -0.1) is 0 Å². The van der Waals surface area contributed by atoms with E-state index in [1.165, 1.54) is 12.1 Å². The number of carbonyl (C=O) groups excluding carboxylic acids is 1. The second-order valence-electron chi connectivity index (χ2n) is 8.88. The van der Waals surface area contributed by atoms with E-state index in [2.05, 4.69) is 5.32 Å². The molecule has 0 unspecified atom stereocenters. The number of hydrogen-bond donors (Lipinski definition) is 1. The molecule has 0 bridgehead atoms. The Labute approximate surface area is 195 Å². The van der Waals surface area contributed by atoms with Gasteiger partial charge in [-0.1, -0.05) is 11.6 Å². The average molecular weight is 473 g/mol. The number of hydrogen-bond acceptors (Lipinski definition) is 4. The minimum atomic E-state index is -0.456. The third-order valence-electron chi connectivity index (χ3n) is 6.49. The molecule has 2 aromatic carbocycles. The smallest absolute Gasteiger partial charge is 0.329 e. The molecule has 3 aromatic rings. The van der Waals surface area contributed by atoms with Crippen molar-refractivity contribution in [3.8, 4) is 0 Å². The van der Waals surface area contributed by atoms with E-state index in [0.29, 0.717) is 31.9 Å². The number of aryl methyl sites for hydroxylation is 1. The topological polar surface area (TPSA) is 68.5 Å². The van der Waals surface area contributed by atoms with Crippen LogP contribution in [0, 0.1) is 5.82 Å². The molecule has 174 valence electrons. The van der Waals surface area contributed by atoms with Crippen molar-refractivity contribution >= 4 is 34.2 Å². The monoisotopic (exact) mass is 472 g/mol. The van der Waals surface area contributed by atoms with Crippen LogP contribution in [0.25, 0.3) is 11.0 Å². The van der Waals surface area contributed by atoms with E-state index in [0.717, 1.165) is 29.6 Å². The number of piperidine rings is 1. The van der Waals surface area contributed by atoms with Gasteiger partial charge in [0.2, 0.25) is 5.91 Å². The summed E-state index contributed by atoms with van der Waals surface area (Å²) in [5.74, 6) is -0.552. The van der Waals surface area contributed by atoms with E-state index in [-0.39, 0.29) is 35.1 Å². The molecule has 2 fully saturated rings. The zero-order chi connectivity index (χ0) is 23.1. The number of carbonyl (C=O) groups is 1. The number of amides is 1. The molecule has 1 atom stereocenters. The molecule has 5 rings (SSSR count). The Kier molecular flexibility index (Phi) is 5.88. The van der Waals surface area contributed by atoms with Crippen molar-refractivity contribution in [3.05, 3.63) is 63.3 Å². The van der Waals surface area contributed by atoms with Crippen molar-refractivity contribution in [2.45, 2.75) is 31.3 Å². The number of ether oxygens (including phenoxy) is 1. The third kappa shape index (κ3) is 4.37. The molecule has 1 N–H and O–H groups in total. The van der Waals surface area contributed by atoms with Crippen LogP contribution < -0.4 is 11.0 Å². The lowest BCUT2D eigenvalue weighted by Gasteiger charge is -2.33. The van der Waals surface area contributed by atoms with E-state index in [1.54, 1.807) is 22.6 Å². The number of nitrogens with one attached hydrogen (secondary N) is 1. The standard InChI is InChI=1S/C24H26ClFN4O3/c1-28-21-5-4-18(27-19-13-33-14-19)11-22(21)30(24(28)32)20-3-2-6-29(12-20)23(31)9-15-7-16(25)10-17(26)8-15/h4-5,7-8,10-11,19-20,27H,2-3,6,9,12-14H2,1H3/t20-/m0/s1. The molecule has 0 aliphatic carbocycles. The number of nitrogens with zero attached hydrogens (tertiary/aromatic N) is 3. The van der Waals surface area contributed by atoms with Crippen molar-refractivity contribution < 1.29 is 13.9 Å². The predicted molar refractivity (Wildman–Crippen MR) is 125 cm³/mol. The number of aromatic nitrogens is 2. The predicted octanol–water partition coefficient (Wildman–Crippen LogP) is 3.35. The van der Waals surface area contributed by atoms with Gasteiger partial charge in [-0.25, -0.2) is 9.18 Å². The van der Waals surface area contributed by atoms with Crippen LogP contribution in [0.5, 0.6) is 0 Å². The molecule has 2 saturated heterocycles. The molecule has 0 radical (unpaired) electrons. The van der Waals surface area contributed by atoms with E-state index < -0.39 is 5.82 Å². The van der Waals surface area contributed by atoms with Gasteiger partial charge in [0.15, 0.2) is 0 Å². The Morgan fingerprint density at radius 3 is 2.76 bits per heavy atom. The van der Waals surface area contributed by atoms with Crippen LogP contribution in [0.1, 0.15) is 24.4 Å². The number of benzene rings is 2. The van der Waals surface area contributed by atoms with Crippen molar-refractivity contribution in [2.24, 2.45) is 7.05 Å². The van der Waals surface area contributed by atoms with Gasteiger partial charge in [-0.3, -0.25) is 13.9 Å². The SMILES string of the molecule is Cn1c(=O)n([C@H]2CCCN(C(=O)Cc3cc(F)cc(Cl)c3)C2)c2cc(NC3COC3)ccc21. The molecule has 1 amide bonds. The summed E-state index contributed by atoms with van der Waals surface area (Å²) >= 11 is 5.94. The number of likely N-dealkylation sites (tertiary alicyclic amines) is 1. The fourth-order valence-electron chi connectivity index (χ4n) is 4.76. The van der Waals surface area contributed by atoms with Crippen LogP contribution in [-0.4, -0.2) is 52.3 Å². The summed E-state index contributed by atoms with van der Waals surface area (Å²) in [5, 5.41) is 3.71. The maximum Gasteiger partial charge on any atom is 0.329 e. The fraction of sp³-hybridized carbons (Fsp3) is 0.417. The van der Waals surface area contributed by atoms with Gasteiger partial charge in [0.05, 0.1) is 42.8 Å². The molecule has 1 aromatic heterocycles. The molecular weight excluding hydrogens is 447 g/mol. The first-order valence-corrected chi connectivity index (χ1v) is 11.5. The second kappa shape index (κ2) is 8.83. The van der Waals surface area contributed by atoms with Gasteiger partial charge in [0, 0.05) is 30.8 Å². The van der Waals surface area contributed by atoms with Gasteiger partial charge in [0.1, 0.15) is 5.82 Å². The molecule has 3 heterocycles. The highest BCUT2D eigenvalue weighted by Gasteiger charge is 2.28. The van der Waals surface area contributed by atoms with E-state index >= 15 is 0 Å². The Hall–Kier alpha value is -2.84. The lowest BCUT2D eigenvalue weighted by Crippen LogP contribution is -2.43. The molecule has 2 aliphatic heterocycles. The van der Waals surface area contributed by atoms with Crippen LogP contribution in [0.3, 0.4) is 0 Å². The summed E-state index contributed by atoms with van der Waals surface area (Å²) in [6.45, 7) is 2.41. The fourth-order valence-corrected chi connectivity index (χ4v) is 5.00. The number of rotatable bonds is 5. The first kappa shape index (κ1) is 22.0. The van der Waals surface area contributed by atoms with Crippen molar-refractivity contribution in [3.63, 3.8) is 0 Å². The first-order chi connectivity index (χ1) is 15.9. The lowest BCUT2D eigenvalue weighted by molar-refractivity contribution is -0.132. The second-order valence-corrected chi connectivity index (χ2v) is 9.32. The summed E-state index contributed by atoms with van der Waals surface area (Å²) in [7, 11) is 1.77. The summed E-state index contributed by atoms with van der Waals surface area (Å²) < 4.78 is 22.4. The highest BCUT2D eigenvalue weighted by molar-refractivity contribution is 6.30. The third-order valence-corrected chi connectivity index (χ3v) is 6.71. The summed E-state index contributed by atoms with van der Waals surface area (Å²) in [6, 6.07) is 10.3. The Morgan fingerprint density at radius 2 is 2.03 bits per heavy atom. The Morgan fingerprint density at radius 1 is 1.21 bits per heavy atom. The molecule has 33 heavy (non-hydrogen) atoms. The van der Waals surface area contributed by atoms with Crippen LogP contribution in [0.4, 0.5) is 10.1 Å².